The normalized spacial score (nSPS) is 15.7. The Labute approximate surface area is 173 Å². The number of carbonyl (C=O) groups is 2. The second kappa shape index (κ2) is 9.22. The first-order valence-electron chi connectivity index (χ1n) is 9.41. The first-order chi connectivity index (χ1) is 13.8. The molecule has 1 saturated heterocycles. The van der Waals surface area contributed by atoms with Crippen molar-refractivity contribution in [1.29, 1.82) is 0 Å². The van der Waals surface area contributed by atoms with Crippen LogP contribution in [0.5, 0.6) is 0 Å². The molecule has 1 atom stereocenters. The van der Waals surface area contributed by atoms with Gasteiger partial charge in [0.1, 0.15) is 17.3 Å². The molecule has 2 N–H and O–H groups in total. The summed E-state index contributed by atoms with van der Waals surface area (Å²) < 4.78 is 27.5. The summed E-state index contributed by atoms with van der Waals surface area (Å²) >= 11 is 5.84. The first-order valence-corrected chi connectivity index (χ1v) is 9.79. The molecule has 1 unspecified atom stereocenters. The number of hydrogen-bond acceptors (Lipinski definition) is 2. The number of anilines is 2. The molecule has 5 nitrogen and oxygen atoms in total. The largest absolute Gasteiger partial charge is 0.325 e. The number of hydrogen-bond donors (Lipinski definition) is 2. The Morgan fingerprint density at radius 2 is 1.62 bits per heavy atom. The maximum atomic E-state index is 13.7. The van der Waals surface area contributed by atoms with Crippen molar-refractivity contribution in [3.05, 3.63) is 59.1 Å². The van der Waals surface area contributed by atoms with Crippen molar-refractivity contribution in [1.82, 2.24) is 4.90 Å². The molecule has 3 rings (SSSR count). The summed E-state index contributed by atoms with van der Waals surface area (Å²) in [5.74, 6) is -2.46. The number of piperidine rings is 1. The zero-order valence-electron chi connectivity index (χ0n) is 15.9. The fraction of sp³-hybridized carbons (Fsp3) is 0.333. The van der Waals surface area contributed by atoms with Gasteiger partial charge in [0.05, 0.1) is 0 Å². The predicted octanol–water partition coefficient (Wildman–Crippen LogP) is 5.14. The van der Waals surface area contributed by atoms with E-state index >= 15 is 0 Å². The van der Waals surface area contributed by atoms with E-state index in [9.17, 15) is 18.4 Å². The molecule has 3 amide bonds. The Kier molecular flexibility index (Phi) is 6.69. The van der Waals surface area contributed by atoms with Gasteiger partial charge >= 0.3 is 6.03 Å². The third kappa shape index (κ3) is 5.23. The van der Waals surface area contributed by atoms with Crippen molar-refractivity contribution in [3.8, 4) is 0 Å². The number of para-hydroxylation sites is 1. The zero-order valence-corrected chi connectivity index (χ0v) is 16.7. The number of rotatable bonds is 4. The average molecular weight is 422 g/mol. The average Bonchev–Trinajstić information content (AvgIpc) is 2.72. The molecule has 0 bridgehead atoms. The summed E-state index contributed by atoms with van der Waals surface area (Å²) in [6.45, 7) is 2.73. The molecule has 0 spiro atoms. The molecule has 0 aliphatic carbocycles. The van der Waals surface area contributed by atoms with Crippen LogP contribution in [0.15, 0.2) is 42.5 Å². The predicted molar refractivity (Wildman–Crippen MR) is 109 cm³/mol. The molecule has 29 heavy (non-hydrogen) atoms. The van der Waals surface area contributed by atoms with Crippen molar-refractivity contribution >= 4 is 34.9 Å². The van der Waals surface area contributed by atoms with E-state index in [-0.39, 0.29) is 11.9 Å². The van der Waals surface area contributed by atoms with Gasteiger partial charge in [-0.15, -0.1) is 0 Å². The van der Waals surface area contributed by atoms with Crippen molar-refractivity contribution in [3.63, 3.8) is 0 Å². The van der Waals surface area contributed by atoms with E-state index in [1.54, 1.807) is 36.1 Å². The maximum Gasteiger partial charge on any atom is 0.321 e. The monoisotopic (exact) mass is 421 g/mol. The Balaban J connectivity index is 1.52. The van der Waals surface area contributed by atoms with E-state index in [1.165, 1.54) is 6.07 Å². The number of benzene rings is 2. The summed E-state index contributed by atoms with van der Waals surface area (Å²) in [5, 5.41) is 5.76. The lowest BCUT2D eigenvalue weighted by molar-refractivity contribution is -0.121. The van der Waals surface area contributed by atoms with Gasteiger partial charge in [0.15, 0.2) is 0 Å². The Hall–Kier alpha value is -2.67. The molecule has 1 aliphatic heterocycles. The van der Waals surface area contributed by atoms with Crippen LogP contribution in [-0.4, -0.2) is 29.9 Å². The number of urea groups is 1. The highest BCUT2D eigenvalue weighted by atomic mass is 35.5. The molecule has 0 radical (unpaired) electrons. The maximum absolute atomic E-state index is 13.7. The fourth-order valence-electron chi connectivity index (χ4n) is 3.41. The second-order valence-corrected chi connectivity index (χ2v) is 7.57. The lowest BCUT2D eigenvalue weighted by atomic mass is 9.85. The van der Waals surface area contributed by atoms with Gasteiger partial charge < -0.3 is 15.5 Å². The summed E-state index contributed by atoms with van der Waals surface area (Å²) in [6.07, 6.45) is 1.25. The molecule has 154 valence electrons. The van der Waals surface area contributed by atoms with Crippen molar-refractivity contribution in [2.24, 2.45) is 11.8 Å². The van der Waals surface area contributed by atoms with Crippen LogP contribution in [0.4, 0.5) is 25.0 Å². The summed E-state index contributed by atoms with van der Waals surface area (Å²) in [6, 6.07) is 10.1. The van der Waals surface area contributed by atoms with Gasteiger partial charge in [-0.3, -0.25) is 4.79 Å². The van der Waals surface area contributed by atoms with Crippen LogP contribution in [0.1, 0.15) is 19.8 Å². The van der Waals surface area contributed by atoms with E-state index in [0.29, 0.717) is 36.6 Å². The number of nitrogens with one attached hydrogen (secondary N) is 2. The minimum atomic E-state index is -0.806. The van der Waals surface area contributed by atoms with Gasteiger partial charge in [-0.05, 0) is 55.2 Å². The van der Waals surface area contributed by atoms with E-state index in [4.69, 9.17) is 11.6 Å². The van der Waals surface area contributed by atoms with Crippen molar-refractivity contribution in [2.75, 3.05) is 23.7 Å². The molecule has 1 aliphatic rings. The van der Waals surface area contributed by atoms with E-state index in [2.05, 4.69) is 10.6 Å². The zero-order chi connectivity index (χ0) is 21.0. The number of nitrogens with zero attached hydrogens (tertiary/aromatic N) is 1. The lowest BCUT2D eigenvalue weighted by Crippen LogP contribution is -2.43. The molecule has 0 saturated carbocycles. The van der Waals surface area contributed by atoms with Crippen LogP contribution < -0.4 is 10.6 Å². The van der Waals surface area contributed by atoms with Crippen LogP contribution in [-0.2, 0) is 4.79 Å². The third-order valence-corrected chi connectivity index (χ3v) is 5.51. The van der Waals surface area contributed by atoms with Crippen LogP contribution in [0.25, 0.3) is 0 Å². The van der Waals surface area contributed by atoms with E-state index < -0.39 is 29.1 Å². The summed E-state index contributed by atoms with van der Waals surface area (Å²) in [7, 11) is 0. The second-order valence-electron chi connectivity index (χ2n) is 7.14. The molecule has 2 aromatic carbocycles. The smallest absolute Gasteiger partial charge is 0.321 e. The van der Waals surface area contributed by atoms with Crippen molar-refractivity contribution in [2.45, 2.75) is 19.8 Å². The minimum Gasteiger partial charge on any atom is -0.325 e. The Morgan fingerprint density at radius 3 is 2.21 bits per heavy atom. The van der Waals surface area contributed by atoms with Crippen LogP contribution in [0, 0.1) is 23.5 Å². The van der Waals surface area contributed by atoms with Crippen molar-refractivity contribution < 1.29 is 18.4 Å². The number of amides is 3. The Bertz CT molecular complexity index is 864. The van der Waals surface area contributed by atoms with Gasteiger partial charge in [-0.2, -0.15) is 0 Å². The topological polar surface area (TPSA) is 61.4 Å². The van der Waals surface area contributed by atoms with Gasteiger partial charge in [-0.25, -0.2) is 13.6 Å². The highest BCUT2D eigenvalue weighted by molar-refractivity contribution is 6.30. The standard InChI is InChI=1S/C21H22ClF2N3O2/c1-13(20(28)26-19-17(23)3-2-4-18(19)24)14-9-11-27(12-10-14)21(29)25-16-7-5-15(22)6-8-16/h2-8,13-14H,9-12H2,1H3,(H,25,29)(H,26,28). The van der Waals surface area contributed by atoms with Crippen LogP contribution in [0.2, 0.25) is 5.02 Å². The van der Waals surface area contributed by atoms with Gasteiger partial charge in [-0.1, -0.05) is 24.6 Å². The summed E-state index contributed by atoms with van der Waals surface area (Å²) in [4.78, 5) is 26.5. The summed E-state index contributed by atoms with van der Waals surface area (Å²) in [5.41, 5.74) is 0.227. The molecule has 1 fully saturated rings. The highest BCUT2D eigenvalue weighted by Gasteiger charge is 2.30. The fourth-order valence-corrected chi connectivity index (χ4v) is 3.53. The number of likely N-dealkylation sites (tertiary alicyclic amines) is 1. The molecule has 2 aromatic rings. The molecular weight excluding hydrogens is 400 g/mol. The molecule has 8 heteroatoms. The first kappa shape index (κ1) is 21.0. The number of carbonyl (C=O) groups excluding carboxylic acids is 2. The SMILES string of the molecule is CC(C(=O)Nc1c(F)cccc1F)C1CCN(C(=O)Nc2ccc(Cl)cc2)CC1. The van der Waals surface area contributed by atoms with Crippen LogP contribution in [0.3, 0.4) is 0 Å². The van der Waals surface area contributed by atoms with Gasteiger partial charge in [0.2, 0.25) is 5.91 Å². The Morgan fingerprint density at radius 1 is 1.03 bits per heavy atom. The van der Waals surface area contributed by atoms with Gasteiger partial charge in [0.25, 0.3) is 0 Å². The lowest BCUT2D eigenvalue weighted by Gasteiger charge is -2.34. The van der Waals surface area contributed by atoms with Gasteiger partial charge in [0, 0.05) is 29.7 Å². The van der Waals surface area contributed by atoms with E-state index in [1.807, 2.05) is 0 Å². The third-order valence-electron chi connectivity index (χ3n) is 5.25. The van der Waals surface area contributed by atoms with Crippen LogP contribution >= 0.6 is 11.6 Å². The quantitative estimate of drug-likeness (QED) is 0.718. The molecule has 0 aromatic heterocycles. The molecule has 1 heterocycles. The highest BCUT2D eigenvalue weighted by Crippen LogP contribution is 2.27. The minimum absolute atomic E-state index is 0.0180. The number of halogens is 3. The van der Waals surface area contributed by atoms with E-state index in [0.717, 1.165) is 12.1 Å². The molecular formula is C21H22ClF2N3O2.